The molecule has 0 aliphatic heterocycles. The number of benzene rings is 3. The van der Waals surface area contributed by atoms with Crippen molar-refractivity contribution in [3.8, 4) is 23.2 Å². The molecule has 3 aromatic heterocycles. The SMILES string of the molecule is Cc1cccc2c3ccc(Oc4ccc5c(C(C)C)cc(C(C)C)c(O)c5n4)[c-]c3n(-c3ccccn3)c12.[Pt]. The molecule has 6 rings (SSSR count). The quantitative estimate of drug-likeness (QED) is 0.184. The second kappa shape index (κ2) is 10.5. The van der Waals surface area contributed by atoms with Crippen molar-refractivity contribution >= 4 is 32.7 Å². The molecule has 5 nitrogen and oxygen atoms in total. The fraction of sp³-hybridized carbons (Fsp3) is 0.212. The van der Waals surface area contributed by atoms with Gasteiger partial charge >= 0.3 is 0 Å². The molecule has 1 N–H and O–H groups in total. The van der Waals surface area contributed by atoms with Gasteiger partial charge < -0.3 is 14.4 Å². The van der Waals surface area contributed by atoms with E-state index in [0.29, 0.717) is 23.1 Å². The molecule has 39 heavy (non-hydrogen) atoms. The topological polar surface area (TPSA) is 60.2 Å². The third kappa shape index (κ3) is 4.59. The predicted molar refractivity (Wildman–Crippen MR) is 154 cm³/mol. The number of hydrogen-bond donors (Lipinski definition) is 1. The Kier molecular flexibility index (Phi) is 7.22. The van der Waals surface area contributed by atoms with E-state index < -0.39 is 0 Å². The molecule has 0 aliphatic rings. The average Bonchev–Trinajstić information content (AvgIpc) is 3.24. The third-order valence-electron chi connectivity index (χ3n) is 7.20. The van der Waals surface area contributed by atoms with Gasteiger partial charge in [0.1, 0.15) is 17.1 Å². The van der Waals surface area contributed by atoms with Gasteiger partial charge in [0.05, 0.1) is 0 Å². The zero-order chi connectivity index (χ0) is 26.6. The monoisotopic (exact) mass is 695 g/mol. The maximum absolute atomic E-state index is 11.1. The number of aromatic nitrogens is 3. The van der Waals surface area contributed by atoms with Gasteiger partial charge in [-0.05, 0) is 59.0 Å². The number of phenols is 1. The normalized spacial score (nSPS) is 11.6. The summed E-state index contributed by atoms with van der Waals surface area (Å²) in [5.74, 6) is 2.48. The fourth-order valence-corrected chi connectivity index (χ4v) is 5.31. The van der Waals surface area contributed by atoms with Crippen molar-refractivity contribution in [1.29, 1.82) is 0 Å². The van der Waals surface area contributed by atoms with Crippen molar-refractivity contribution in [2.45, 2.75) is 46.5 Å². The Bertz CT molecular complexity index is 1820. The smallest absolute Gasteiger partial charge is 0.217 e. The molecule has 0 amide bonds. The number of rotatable bonds is 5. The number of pyridine rings is 2. The number of ether oxygens (including phenoxy) is 1. The van der Waals surface area contributed by atoms with Crippen LogP contribution in [0.5, 0.6) is 17.4 Å². The minimum Gasteiger partial charge on any atom is -0.505 e. The van der Waals surface area contributed by atoms with Crippen LogP contribution in [0.1, 0.15) is 56.2 Å². The Morgan fingerprint density at radius 1 is 0.846 bits per heavy atom. The summed E-state index contributed by atoms with van der Waals surface area (Å²) in [6, 6.07) is 25.6. The van der Waals surface area contributed by atoms with Gasteiger partial charge in [-0.15, -0.1) is 17.5 Å². The largest absolute Gasteiger partial charge is 0.505 e. The van der Waals surface area contributed by atoms with Gasteiger partial charge in [0, 0.05) is 50.0 Å². The van der Waals surface area contributed by atoms with E-state index in [9.17, 15) is 5.11 Å². The van der Waals surface area contributed by atoms with Crippen LogP contribution < -0.4 is 4.74 Å². The van der Waals surface area contributed by atoms with E-state index in [-0.39, 0.29) is 32.7 Å². The molecule has 200 valence electrons. The van der Waals surface area contributed by atoms with Gasteiger partial charge in [0.2, 0.25) is 5.88 Å². The number of para-hydroxylation sites is 1. The molecule has 0 aliphatic carbocycles. The first-order valence-electron chi connectivity index (χ1n) is 13.0. The Morgan fingerprint density at radius 2 is 1.62 bits per heavy atom. The second-order valence-electron chi connectivity index (χ2n) is 10.4. The van der Waals surface area contributed by atoms with Crippen LogP contribution in [0, 0.1) is 13.0 Å². The van der Waals surface area contributed by atoms with Gasteiger partial charge in [-0.1, -0.05) is 63.5 Å². The maximum Gasteiger partial charge on any atom is 0.217 e. The van der Waals surface area contributed by atoms with Crippen LogP contribution in [0.2, 0.25) is 0 Å². The summed E-state index contributed by atoms with van der Waals surface area (Å²) in [7, 11) is 0. The van der Waals surface area contributed by atoms with Crippen LogP contribution in [0.25, 0.3) is 38.5 Å². The number of aryl methyl sites for hydroxylation is 1. The Labute approximate surface area is 242 Å². The summed E-state index contributed by atoms with van der Waals surface area (Å²) in [5.41, 5.74) is 5.78. The summed E-state index contributed by atoms with van der Waals surface area (Å²) < 4.78 is 8.39. The zero-order valence-electron chi connectivity index (χ0n) is 22.6. The summed E-state index contributed by atoms with van der Waals surface area (Å²) in [6.07, 6.45) is 1.80. The first kappa shape index (κ1) is 26.9. The molecule has 0 bridgehead atoms. The molecule has 6 heteroatoms. The van der Waals surface area contributed by atoms with Crippen molar-refractivity contribution in [1.82, 2.24) is 14.5 Å². The van der Waals surface area contributed by atoms with E-state index in [0.717, 1.165) is 44.1 Å². The molecular weight excluding hydrogens is 665 g/mol. The fourth-order valence-electron chi connectivity index (χ4n) is 5.31. The molecular formula is C33H30N3O2Pt-. The van der Waals surface area contributed by atoms with Crippen LogP contribution in [0.4, 0.5) is 0 Å². The van der Waals surface area contributed by atoms with Crippen molar-refractivity contribution in [3.63, 3.8) is 0 Å². The standard InChI is InChI=1S/C33H30N3O2.Pt/c1-19(2)26-18-27(20(3)4)33(37)31-24(26)14-15-30(35-31)38-22-12-13-23-25-10-8-9-21(5)32(25)36(28(23)17-22)29-11-6-7-16-34-29;/h6-16,18-20,37H,1-5H3;/q-1;. The van der Waals surface area contributed by atoms with Gasteiger partial charge in [-0.3, -0.25) is 0 Å². The van der Waals surface area contributed by atoms with Crippen LogP contribution >= 0.6 is 0 Å². The summed E-state index contributed by atoms with van der Waals surface area (Å²) >= 11 is 0. The molecule has 0 saturated carbocycles. The molecule has 3 heterocycles. The van der Waals surface area contributed by atoms with E-state index in [1.54, 1.807) is 6.20 Å². The maximum atomic E-state index is 11.1. The van der Waals surface area contributed by atoms with E-state index in [2.05, 4.69) is 80.6 Å². The van der Waals surface area contributed by atoms with Gasteiger partial charge in [-0.25, -0.2) is 9.97 Å². The Hall–Kier alpha value is -3.69. The Balaban J connectivity index is 0.00000308. The average molecular weight is 696 g/mol. The van der Waals surface area contributed by atoms with Gasteiger partial charge in [-0.2, -0.15) is 6.07 Å². The van der Waals surface area contributed by atoms with Crippen molar-refractivity contribution in [2.24, 2.45) is 0 Å². The first-order valence-corrected chi connectivity index (χ1v) is 13.0. The van der Waals surface area contributed by atoms with Crippen LogP contribution in [-0.4, -0.2) is 19.6 Å². The molecule has 6 aromatic rings. The zero-order valence-corrected chi connectivity index (χ0v) is 24.9. The molecule has 0 atom stereocenters. The summed E-state index contributed by atoms with van der Waals surface area (Å²) in [5, 5.41) is 14.3. The van der Waals surface area contributed by atoms with Crippen molar-refractivity contribution < 1.29 is 30.9 Å². The van der Waals surface area contributed by atoms with E-state index >= 15 is 0 Å². The van der Waals surface area contributed by atoms with Crippen molar-refractivity contribution in [3.05, 3.63) is 95.7 Å². The first-order chi connectivity index (χ1) is 18.3. The summed E-state index contributed by atoms with van der Waals surface area (Å²) in [4.78, 5) is 9.39. The van der Waals surface area contributed by atoms with E-state index in [1.807, 2.05) is 36.4 Å². The number of fused-ring (bicyclic) bond motifs is 4. The number of nitrogens with zero attached hydrogens (tertiary/aromatic N) is 3. The van der Waals surface area contributed by atoms with Crippen LogP contribution in [0.3, 0.4) is 0 Å². The van der Waals surface area contributed by atoms with Gasteiger partial charge in [0.15, 0.2) is 0 Å². The van der Waals surface area contributed by atoms with E-state index in [1.165, 1.54) is 5.56 Å². The number of phenolic OH excluding ortho intramolecular Hbond substituents is 1. The van der Waals surface area contributed by atoms with Crippen LogP contribution in [-0.2, 0) is 21.1 Å². The van der Waals surface area contributed by atoms with E-state index in [4.69, 9.17) is 9.72 Å². The number of aromatic hydroxyl groups is 1. The third-order valence-corrected chi connectivity index (χ3v) is 7.20. The van der Waals surface area contributed by atoms with Crippen molar-refractivity contribution in [2.75, 3.05) is 0 Å². The Morgan fingerprint density at radius 3 is 2.33 bits per heavy atom. The molecule has 0 unspecified atom stereocenters. The minimum absolute atomic E-state index is 0. The molecule has 3 aromatic carbocycles. The predicted octanol–water partition coefficient (Wildman–Crippen LogP) is 8.58. The molecule has 0 spiro atoms. The molecule has 0 fully saturated rings. The molecule has 0 saturated heterocycles. The van der Waals surface area contributed by atoms with Crippen LogP contribution in [0.15, 0.2) is 72.9 Å². The minimum atomic E-state index is 0. The second-order valence-corrected chi connectivity index (χ2v) is 10.4. The van der Waals surface area contributed by atoms with Gasteiger partial charge in [0.25, 0.3) is 0 Å². The number of hydrogen-bond acceptors (Lipinski definition) is 4. The summed E-state index contributed by atoms with van der Waals surface area (Å²) in [6.45, 7) is 10.6. The molecule has 0 radical (unpaired) electrons.